The number of hydrogen-bond acceptors (Lipinski definition) is 3. The van der Waals surface area contributed by atoms with Gasteiger partial charge in [-0.05, 0) is 37.3 Å². The molecule has 0 spiro atoms. The number of rotatable bonds is 6. The van der Waals surface area contributed by atoms with Gasteiger partial charge in [0.15, 0.2) is 6.61 Å². The van der Waals surface area contributed by atoms with Crippen LogP contribution in [0.5, 0.6) is 5.75 Å². The molecule has 2 rings (SSSR count). The Morgan fingerprint density at radius 1 is 1.35 bits per heavy atom. The second kappa shape index (κ2) is 7.17. The molecule has 0 bridgehead atoms. The zero-order valence-corrected chi connectivity index (χ0v) is 12.4. The topological polar surface area (TPSA) is 56.2 Å². The number of ether oxygens (including phenoxy) is 1. The first-order chi connectivity index (χ1) is 10.8. The molecule has 0 saturated heterocycles. The molecule has 1 heterocycles. The molecule has 1 N–H and O–H groups in total. The van der Waals surface area contributed by atoms with E-state index in [4.69, 9.17) is 4.74 Å². The zero-order chi connectivity index (χ0) is 16.9. The maximum atomic E-state index is 12.4. The molecule has 23 heavy (non-hydrogen) atoms. The van der Waals surface area contributed by atoms with E-state index in [2.05, 4.69) is 10.4 Å². The molecular formula is C15H16F3N3O2. The van der Waals surface area contributed by atoms with Crippen LogP contribution >= 0.6 is 0 Å². The molecule has 0 radical (unpaired) electrons. The Bertz CT molecular complexity index is 624. The Kier molecular flexibility index (Phi) is 5.25. The second-order valence-electron chi connectivity index (χ2n) is 5.01. The van der Waals surface area contributed by atoms with Crippen LogP contribution in [0.25, 0.3) is 0 Å². The SMILES string of the molecule is C[C@@H](Cn1cccn1)NC(=O)COc1ccc(C(F)(F)F)cc1. The van der Waals surface area contributed by atoms with Crippen molar-refractivity contribution >= 4 is 5.91 Å². The molecule has 0 aliphatic heterocycles. The fraction of sp³-hybridized carbons (Fsp3) is 0.333. The third-order valence-corrected chi connectivity index (χ3v) is 2.98. The van der Waals surface area contributed by atoms with Gasteiger partial charge in [-0.2, -0.15) is 18.3 Å². The summed E-state index contributed by atoms with van der Waals surface area (Å²) in [6, 6.07) is 5.81. The lowest BCUT2D eigenvalue weighted by Gasteiger charge is -2.14. The van der Waals surface area contributed by atoms with Crippen LogP contribution in [-0.4, -0.2) is 28.3 Å². The van der Waals surface area contributed by atoms with Crippen LogP contribution in [-0.2, 0) is 17.5 Å². The number of nitrogens with zero attached hydrogens (tertiary/aromatic N) is 2. The summed E-state index contributed by atoms with van der Waals surface area (Å²) >= 11 is 0. The number of aromatic nitrogens is 2. The molecule has 0 fully saturated rings. The number of halogens is 3. The van der Waals surface area contributed by atoms with E-state index in [-0.39, 0.29) is 24.3 Å². The van der Waals surface area contributed by atoms with Gasteiger partial charge in [0, 0.05) is 18.4 Å². The van der Waals surface area contributed by atoms with Gasteiger partial charge >= 0.3 is 6.18 Å². The van der Waals surface area contributed by atoms with Crippen LogP contribution in [0, 0.1) is 0 Å². The second-order valence-corrected chi connectivity index (χ2v) is 5.01. The normalized spacial score (nSPS) is 12.7. The highest BCUT2D eigenvalue weighted by molar-refractivity contribution is 5.77. The minimum atomic E-state index is -4.39. The van der Waals surface area contributed by atoms with E-state index in [0.717, 1.165) is 12.1 Å². The van der Waals surface area contributed by atoms with E-state index in [0.29, 0.717) is 6.54 Å². The summed E-state index contributed by atoms with van der Waals surface area (Å²) in [5.41, 5.74) is -0.762. The number of amides is 1. The van der Waals surface area contributed by atoms with Crippen LogP contribution < -0.4 is 10.1 Å². The minimum Gasteiger partial charge on any atom is -0.484 e. The molecule has 124 valence electrons. The van der Waals surface area contributed by atoms with Crippen molar-refractivity contribution in [2.75, 3.05) is 6.61 Å². The number of benzene rings is 1. The lowest BCUT2D eigenvalue weighted by molar-refractivity contribution is -0.137. The largest absolute Gasteiger partial charge is 0.484 e. The smallest absolute Gasteiger partial charge is 0.416 e. The summed E-state index contributed by atoms with van der Waals surface area (Å²) < 4.78 is 44.1. The summed E-state index contributed by atoms with van der Waals surface area (Å²) in [7, 11) is 0. The highest BCUT2D eigenvalue weighted by atomic mass is 19.4. The highest BCUT2D eigenvalue weighted by Crippen LogP contribution is 2.30. The molecule has 1 amide bonds. The predicted octanol–water partition coefficient (Wildman–Crippen LogP) is 2.49. The summed E-state index contributed by atoms with van der Waals surface area (Å²) in [5, 5.41) is 6.75. The number of hydrogen-bond donors (Lipinski definition) is 1. The lowest BCUT2D eigenvalue weighted by atomic mass is 10.2. The van der Waals surface area contributed by atoms with E-state index in [1.165, 1.54) is 12.1 Å². The highest BCUT2D eigenvalue weighted by Gasteiger charge is 2.30. The first-order valence-corrected chi connectivity index (χ1v) is 6.91. The van der Waals surface area contributed by atoms with Crippen molar-refractivity contribution in [1.82, 2.24) is 15.1 Å². The number of carbonyl (C=O) groups excluding carboxylic acids is 1. The first-order valence-electron chi connectivity index (χ1n) is 6.91. The van der Waals surface area contributed by atoms with E-state index in [1.54, 1.807) is 23.1 Å². The third kappa shape index (κ3) is 5.32. The minimum absolute atomic E-state index is 0.154. The zero-order valence-electron chi connectivity index (χ0n) is 12.4. The van der Waals surface area contributed by atoms with Crippen LogP contribution in [0.3, 0.4) is 0 Å². The number of alkyl halides is 3. The van der Waals surface area contributed by atoms with Gasteiger partial charge in [-0.25, -0.2) is 0 Å². The van der Waals surface area contributed by atoms with E-state index in [9.17, 15) is 18.0 Å². The molecule has 8 heteroatoms. The van der Waals surface area contributed by atoms with Gasteiger partial charge in [-0.1, -0.05) is 0 Å². The van der Waals surface area contributed by atoms with Crippen LogP contribution in [0.1, 0.15) is 12.5 Å². The van der Waals surface area contributed by atoms with Gasteiger partial charge in [0.1, 0.15) is 5.75 Å². The van der Waals surface area contributed by atoms with Crippen molar-refractivity contribution in [2.45, 2.75) is 25.7 Å². The molecule has 0 unspecified atom stereocenters. The molecule has 0 aliphatic rings. The van der Waals surface area contributed by atoms with Gasteiger partial charge in [0.2, 0.25) is 0 Å². The van der Waals surface area contributed by atoms with Crippen molar-refractivity contribution in [3.63, 3.8) is 0 Å². The standard InChI is InChI=1S/C15H16F3N3O2/c1-11(9-21-8-2-7-19-21)20-14(22)10-23-13-5-3-12(4-6-13)15(16,17)18/h2-8,11H,9-10H2,1H3,(H,20,22)/t11-/m0/s1. The van der Waals surface area contributed by atoms with Crippen molar-refractivity contribution in [1.29, 1.82) is 0 Å². The molecular weight excluding hydrogens is 311 g/mol. The Morgan fingerprint density at radius 3 is 2.61 bits per heavy atom. The number of nitrogens with one attached hydrogen (secondary N) is 1. The molecule has 1 aromatic carbocycles. The first kappa shape index (κ1) is 16.9. The van der Waals surface area contributed by atoms with Crippen LogP contribution in [0.15, 0.2) is 42.7 Å². The van der Waals surface area contributed by atoms with Gasteiger partial charge in [0.05, 0.1) is 12.1 Å². The van der Waals surface area contributed by atoms with Crippen LogP contribution in [0.4, 0.5) is 13.2 Å². The molecule has 0 saturated carbocycles. The van der Waals surface area contributed by atoms with Crippen molar-refractivity contribution in [2.24, 2.45) is 0 Å². The Morgan fingerprint density at radius 2 is 2.04 bits per heavy atom. The Labute approximate surface area is 131 Å². The maximum Gasteiger partial charge on any atom is 0.416 e. The molecule has 2 aromatic rings. The van der Waals surface area contributed by atoms with Crippen molar-refractivity contribution < 1.29 is 22.7 Å². The van der Waals surface area contributed by atoms with Gasteiger partial charge in [-0.15, -0.1) is 0 Å². The fourth-order valence-electron chi connectivity index (χ4n) is 1.94. The van der Waals surface area contributed by atoms with E-state index < -0.39 is 11.7 Å². The van der Waals surface area contributed by atoms with Gasteiger partial charge < -0.3 is 10.1 Å². The molecule has 5 nitrogen and oxygen atoms in total. The summed E-state index contributed by atoms with van der Waals surface area (Å²) in [6.45, 7) is 2.06. The van der Waals surface area contributed by atoms with Crippen LogP contribution in [0.2, 0.25) is 0 Å². The summed E-state index contributed by atoms with van der Waals surface area (Å²) in [4.78, 5) is 11.7. The van der Waals surface area contributed by atoms with E-state index in [1.807, 2.05) is 6.92 Å². The van der Waals surface area contributed by atoms with Gasteiger partial charge in [0.25, 0.3) is 5.91 Å². The average Bonchev–Trinajstić information content (AvgIpc) is 2.97. The predicted molar refractivity (Wildman–Crippen MR) is 76.8 cm³/mol. The van der Waals surface area contributed by atoms with Crippen molar-refractivity contribution in [3.8, 4) is 5.75 Å². The summed E-state index contributed by atoms with van der Waals surface area (Å²) in [6.07, 6.45) is -0.971. The maximum absolute atomic E-state index is 12.4. The number of carbonyl (C=O) groups is 1. The third-order valence-electron chi connectivity index (χ3n) is 2.98. The quantitative estimate of drug-likeness (QED) is 0.887. The fourth-order valence-corrected chi connectivity index (χ4v) is 1.94. The van der Waals surface area contributed by atoms with E-state index >= 15 is 0 Å². The van der Waals surface area contributed by atoms with Crippen molar-refractivity contribution in [3.05, 3.63) is 48.3 Å². The monoisotopic (exact) mass is 327 g/mol. The van der Waals surface area contributed by atoms with Gasteiger partial charge in [-0.3, -0.25) is 9.48 Å². The lowest BCUT2D eigenvalue weighted by Crippen LogP contribution is -2.38. The molecule has 1 aromatic heterocycles. The molecule has 1 atom stereocenters. The average molecular weight is 327 g/mol. The Hall–Kier alpha value is -2.51. The Balaban J connectivity index is 1.77. The summed E-state index contributed by atoms with van der Waals surface area (Å²) in [5.74, 6) is -0.155. The molecule has 0 aliphatic carbocycles.